The van der Waals surface area contributed by atoms with Crippen molar-refractivity contribution in [1.82, 2.24) is 14.8 Å². The average molecular weight is 495 g/mol. The van der Waals surface area contributed by atoms with Gasteiger partial charge in [-0.15, -0.1) is 10.2 Å². The fourth-order valence-electron chi connectivity index (χ4n) is 3.94. The molecule has 1 unspecified atom stereocenters. The zero-order chi connectivity index (χ0) is 25.5. The summed E-state index contributed by atoms with van der Waals surface area (Å²) in [5, 5.41) is 12.7. The van der Waals surface area contributed by atoms with Gasteiger partial charge in [-0.2, -0.15) is 0 Å². The molecule has 0 radical (unpaired) electrons. The number of benzene rings is 2. The molecule has 0 aliphatic carbocycles. The van der Waals surface area contributed by atoms with Crippen molar-refractivity contribution in [2.24, 2.45) is 5.92 Å². The zero-order valence-corrected chi connectivity index (χ0v) is 22.8. The van der Waals surface area contributed by atoms with Crippen LogP contribution in [0, 0.1) is 12.8 Å². The molecule has 0 spiro atoms. The van der Waals surface area contributed by atoms with E-state index in [4.69, 9.17) is 4.74 Å². The van der Waals surface area contributed by atoms with E-state index in [1.807, 2.05) is 38.1 Å². The zero-order valence-electron chi connectivity index (χ0n) is 22.0. The van der Waals surface area contributed by atoms with Crippen LogP contribution in [0.4, 0.5) is 5.69 Å². The third kappa shape index (κ3) is 7.10. The van der Waals surface area contributed by atoms with Gasteiger partial charge < -0.3 is 14.6 Å². The van der Waals surface area contributed by atoms with E-state index in [9.17, 15) is 4.79 Å². The molecule has 0 aliphatic rings. The second-order valence-corrected chi connectivity index (χ2v) is 10.6. The van der Waals surface area contributed by atoms with Gasteiger partial charge >= 0.3 is 0 Å². The molecule has 0 fully saturated rings. The number of ether oxygens (including phenoxy) is 1. The van der Waals surface area contributed by atoms with Crippen LogP contribution in [-0.4, -0.2) is 26.4 Å². The average Bonchev–Trinajstić information content (AvgIpc) is 3.21. The van der Waals surface area contributed by atoms with Crippen molar-refractivity contribution in [3.8, 4) is 5.75 Å². The summed E-state index contributed by atoms with van der Waals surface area (Å²) in [5.74, 6) is 2.66. The van der Waals surface area contributed by atoms with Gasteiger partial charge in [-0.3, -0.25) is 4.79 Å². The number of nitrogens with zero attached hydrogens (tertiary/aromatic N) is 3. The molecule has 7 heteroatoms. The number of carbonyl (C=O) groups excluding carboxylic acids is 1. The Morgan fingerprint density at radius 1 is 1.06 bits per heavy atom. The van der Waals surface area contributed by atoms with Gasteiger partial charge in [-0.25, -0.2) is 0 Å². The second-order valence-electron chi connectivity index (χ2n) is 9.63. The molecule has 0 aliphatic heterocycles. The Kier molecular flexibility index (Phi) is 9.38. The van der Waals surface area contributed by atoms with Gasteiger partial charge in [-0.1, -0.05) is 76.7 Å². The van der Waals surface area contributed by atoms with Crippen LogP contribution in [-0.2, 0) is 17.8 Å². The maximum atomic E-state index is 12.8. The molecule has 1 atom stereocenters. The molecule has 0 saturated carbocycles. The Balaban J connectivity index is 1.71. The van der Waals surface area contributed by atoms with Crippen LogP contribution in [0.25, 0.3) is 0 Å². The van der Waals surface area contributed by atoms with Crippen LogP contribution in [0.3, 0.4) is 0 Å². The van der Waals surface area contributed by atoms with Crippen molar-refractivity contribution in [3.05, 3.63) is 65.0 Å². The Morgan fingerprint density at radius 3 is 2.40 bits per heavy atom. The van der Waals surface area contributed by atoms with Crippen LogP contribution >= 0.6 is 11.8 Å². The molecule has 188 valence electrons. The summed E-state index contributed by atoms with van der Waals surface area (Å²) in [4.78, 5) is 12.8. The van der Waals surface area contributed by atoms with E-state index < -0.39 is 0 Å². The Labute approximate surface area is 213 Å². The first-order valence-corrected chi connectivity index (χ1v) is 13.4. The number of thioether (sulfide) groups is 1. The van der Waals surface area contributed by atoms with Crippen molar-refractivity contribution < 1.29 is 9.53 Å². The number of amides is 1. The number of aromatic nitrogens is 3. The molecule has 1 N–H and O–H groups in total. The maximum absolute atomic E-state index is 12.8. The molecule has 3 aromatic rings. The smallest absolute Gasteiger partial charge is 0.234 e. The fraction of sp³-hybridized carbons (Fsp3) is 0.464. The highest BCUT2D eigenvalue weighted by atomic mass is 32.2. The Bertz CT molecular complexity index is 1120. The highest BCUT2D eigenvalue weighted by Gasteiger charge is 2.21. The number of hydrogen-bond donors (Lipinski definition) is 1. The summed E-state index contributed by atoms with van der Waals surface area (Å²) in [7, 11) is 0. The molecule has 2 aromatic carbocycles. The normalized spacial score (nSPS) is 12.3. The number of carbonyl (C=O) groups is 1. The van der Waals surface area contributed by atoms with Gasteiger partial charge in [-0.05, 0) is 60.9 Å². The number of nitrogens with one attached hydrogen (secondary N) is 1. The molecule has 0 bridgehead atoms. The van der Waals surface area contributed by atoms with Crippen molar-refractivity contribution in [3.63, 3.8) is 0 Å². The van der Waals surface area contributed by atoms with E-state index >= 15 is 0 Å². The highest BCUT2D eigenvalue weighted by Crippen LogP contribution is 2.27. The van der Waals surface area contributed by atoms with Gasteiger partial charge in [0.15, 0.2) is 17.1 Å². The molecular formula is C28H38N4O2S. The van der Waals surface area contributed by atoms with E-state index in [1.165, 1.54) is 17.3 Å². The number of para-hydroxylation sites is 1. The largest absolute Gasteiger partial charge is 0.483 e. The quantitative estimate of drug-likeness (QED) is 0.297. The first kappa shape index (κ1) is 26.8. The molecule has 0 saturated heterocycles. The van der Waals surface area contributed by atoms with Crippen LogP contribution in [0.15, 0.2) is 47.6 Å². The third-order valence-corrected chi connectivity index (χ3v) is 6.82. The highest BCUT2D eigenvalue weighted by molar-refractivity contribution is 7.99. The second kappa shape index (κ2) is 12.2. The maximum Gasteiger partial charge on any atom is 0.234 e. The lowest BCUT2D eigenvalue weighted by atomic mass is 10.0. The van der Waals surface area contributed by atoms with E-state index in [-0.39, 0.29) is 17.8 Å². The molecular weight excluding hydrogens is 456 g/mol. The predicted octanol–water partition coefficient (Wildman–Crippen LogP) is 6.80. The van der Waals surface area contributed by atoms with Crippen molar-refractivity contribution in [2.45, 2.75) is 78.6 Å². The molecule has 1 aromatic heterocycles. The van der Waals surface area contributed by atoms with Gasteiger partial charge in [0.25, 0.3) is 0 Å². The van der Waals surface area contributed by atoms with E-state index in [1.54, 1.807) is 0 Å². The number of anilines is 1. The molecule has 35 heavy (non-hydrogen) atoms. The minimum absolute atomic E-state index is 0.0470. The fourth-order valence-corrected chi connectivity index (χ4v) is 4.69. The van der Waals surface area contributed by atoms with E-state index in [0.717, 1.165) is 46.5 Å². The first-order valence-electron chi connectivity index (χ1n) is 12.4. The van der Waals surface area contributed by atoms with Crippen molar-refractivity contribution in [1.29, 1.82) is 0 Å². The molecule has 1 heterocycles. The van der Waals surface area contributed by atoms with Gasteiger partial charge in [0.05, 0.1) is 5.75 Å². The third-order valence-electron chi connectivity index (χ3n) is 5.85. The summed E-state index contributed by atoms with van der Waals surface area (Å²) in [6, 6.07) is 14.3. The summed E-state index contributed by atoms with van der Waals surface area (Å²) in [5.41, 5.74) is 4.40. The van der Waals surface area contributed by atoms with Crippen molar-refractivity contribution in [2.75, 3.05) is 11.1 Å². The van der Waals surface area contributed by atoms with E-state index in [0.29, 0.717) is 11.8 Å². The van der Waals surface area contributed by atoms with E-state index in [2.05, 4.69) is 72.9 Å². The minimum Gasteiger partial charge on any atom is -0.483 e. The standard InChI is InChI=1S/C28H38N4O2S/c1-8-22-11-9-10-20(6)26(22)29-25(33)17-35-28-31-30-27(32(28)16-18(2)3)21(7)34-24-14-12-23(13-15-24)19(4)5/h9-15,18-19,21H,8,16-17H2,1-7H3,(H,29,33). The Morgan fingerprint density at radius 2 is 1.77 bits per heavy atom. The minimum atomic E-state index is -0.270. The number of aryl methyl sites for hydroxylation is 2. The van der Waals surface area contributed by atoms with Crippen LogP contribution in [0.1, 0.15) is 76.1 Å². The van der Waals surface area contributed by atoms with Crippen LogP contribution in [0.2, 0.25) is 0 Å². The Hall–Kier alpha value is -2.80. The monoisotopic (exact) mass is 494 g/mol. The van der Waals surface area contributed by atoms with Crippen LogP contribution < -0.4 is 10.1 Å². The molecule has 6 nitrogen and oxygen atoms in total. The summed E-state index contributed by atoms with van der Waals surface area (Å²) < 4.78 is 8.29. The summed E-state index contributed by atoms with van der Waals surface area (Å²) >= 11 is 1.41. The predicted molar refractivity (Wildman–Crippen MR) is 144 cm³/mol. The lowest BCUT2D eigenvalue weighted by molar-refractivity contribution is -0.113. The topological polar surface area (TPSA) is 69.0 Å². The van der Waals surface area contributed by atoms with Gasteiger partial charge in [0.2, 0.25) is 5.91 Å². The summed E-state index contributed by atoms with van der Waals surface area (Å²) in [6.07, 6.45) is 0.600. The molecule has 3 rings (SSSR count). The van der Waals surface area contributed by atoms with Gasteiger partial charge in [0.1, 0.15) is 5.75 Å². The SMILES string of the molecule is CCc1cccc(C)c1NC(=O)CSc1nnc(C(C)Oc2ccc(C(C)C)cc2)n1CC(C)C. The summed E-state index contributed by atoms with van der Waals surface area (Å²) in [6.45, 7) is 15.5. The lowest BCUT2D eigenvalue weighted by Gasteiger charge is -2.18. The van der Waals surface area contributed by atoms with Gasteiger partial charge in [0, 0.05) is 12.2 Å². The van der Waals surface area contributed by atoms with Crippen LogP contribution in [0.5, 0.6) is 5.75 Å². The molecule has 1 amide bonds. The number of hydrogen-bond acceptors (Lipinski definition) is 5. The first-order chi connectivity index (χ1) is 16.7. The number of rotatable bonds is 11. The lowest BCUT2D eigenvalue weighted by Crippen LogP contribution is -2.18. The van der Waals surface area contributed by atoms with Crippen molar-refractivity contribution >= 4 is 23.4 Å².